The minimum absolute atomic E-state index is 0.0248. The summed E-state index contributed by atoms with van der Waals surface area (Å²) < 4.78 is 39.5. The summed E-state index contributed by atoms with van der Waals surface area (Å²) in [6, 6.07) is 9.22. The SMILES string of the molecule is C=CCOC(=O)Nc1cc(OCCCCCOc2cc(NC(=O)OCc3ccc(NC(=O)C(CCCNC(N)=O)NC(=O)C4(C(=O)OCC=C)CCC4)cc3)c(C(=O)N3CC(=C)CC3CO)cc2OC)c(OC)cc1C(=O)N1CC(=C)CC1CO. The van der Waals surface area contributed by atoms with Crippen LogP contribution in [0.5, 0.6) is 23.0 Å². The third-order valence-electron chi connectivity index (χ3n) is 14.4. The second-order valence-corrected chi connectivity index (χ2v) is 20.5. The zero-order valence-corrected chi connectivity index (χ0v) is 48.0. The molecule has 3 fully saturated rings. The molecule has 8 amide bonds. The van der Waals surface area contributed by atoms with E-state index in [9.17, 15) is 48.6 Å². The number of carbonyl (C=O) groups is 8. The summed E-state index contributed by atoms with van der Waals surface area (Å²) in [6.45, 7) is 15.0. The number of nitrogens with two attached hydrogens (primary N) is 1. The van der Waals surface area contributed by atoms with Crippen molar-refractivity contribution < 1.29 is 81.7 Å². The molecule has 25 heteroatoms. The van der Waals surface area contributed by atoms with Gasteiger partial charge in [0.25, 0.3) is 11.8 Å². The molecular formula is C60H76N8O17. The molecule has 3 atom stereocenters. The van der Waals surface area contributed by atoms with Crippen LogP contribution in [0.15, 0.2) is 98.1 Å². The first kappa shape index (κ1) is 65.1. The van der Waals surface area contributed by atoms with Gasteiger partial charge in [-0.05, 0) is 87.6 Å². The molecule has 0 aromatic heterocycles. The maximum atomic E-state index is 14.2. The number of ether oxygens (including phenoxy) is 7. The first-order valence-electron chi connectivity index (χ1n) is 27.8. The molecule has 0 radical (unpaired) electrons. The van der Waals surface area contributed by atoms with Crippen LogP contribution < -0.4 is 51.3 Å². The average molecular weight is 1180 g/mol. The van der Waals surface area contributed by atoms with Gasteiger partial charge >= 0.3 is 24.2 Å². The zero-order valence-electron chi connectivity index (χ0n) is 48.0. The molecule has 3 aromatic rings. The predicted octanol–water partition coefficient (Wildman–Crippen LogP) is 6.11. The number of esters is 1. The average Bonchev–Trinajstić information content (AvgIpc) is 3.08. The van der Waals surface area contributed by atoms with Gasteiger partial charge in [-0.2, -0.15) is 0 Å². The summed E-state index contributed by atoms with van der Waals surface area (Å²) >= 11 is 0. The van der Waals surface area contributed by atoms with Gasteiger partial charge in [-0.15, -0.1) is 0 Å². The Morgan fingerprint density at radius 3 is 1.68 bits per heavy atom. The number of amides is 8. The van der Waals surface area contributed by atoms with E-state index in [1.165, 1.54) is 60.4 Å². The largest absolute Gasteiger partial charge is 0.493 e. The first-order chi connectivity index (χ1) is 40.9. The lowest BCUT2D eigenvalue weighted by Crippen LogP contribution is -2.56. The zero-order chi connectivity index (χ0) is 61.6. The number of carbonyl (C=O) groups excluding carboxylic acids is 8. The topological polar surface area (TPSA) is 334 Å². The van der Waals surface area contributed by atoms with Gasteiger partial charge in [0.2, 0.25) is 11.8 Å². The summed E-state index contributed by atoms with van der Waals surface area (Å²) in [5.74, 6) is -2.09. The molecular weight excluding hydrogens is 1100 g/mol. The smallest absolute Gasteiger partial charge is 0.411 e. The standard InChI is InChI=1S/C60H76N8O17/c1-7-22-83-56(75)60(19-13-20-60)55(74)64-45(14-12-21-62-57(61)76)52(71)63-40-17-15-39(16-18-40)36-85-59(78)66-47-31-51(49(80-6)29-44(47)54(73)68-33-38(4)27-42(68)35-70)82-25-11-9-10-24-81-50-30-46(65-58(77)84-23-8-2)43(28-48(50)79-5)53(72)67-32-37(3)26-41(67)34-69/h7-8,15-18,28-31,41-42,45,69-70H,1-4,9-14,19-27,32-36H2,5-6H3,(H,63,71)(H,64,74)(H,65,77)(H,66,78)(H3,61,62,76). The van der Waals surface area contributed by atoms with Gasteiger partial charge in [0.1, 0.15) is 31.3 Å². The lowest BCUT2D eigenvalue weighted by Gasteiger charge is -2.38. The number of hydrogen-bond donors (Lipinski definition) is 8. The normalized spacial score (nSPS) is 16.1. The summed E-state index contributed by atoms with van der Waals surface area (Å²) in [5, 5.41) is 33.3. The molecule has 6 rings (SSSR count). The van der Waals surface area contributed by atoms with Gasteiger partial charge in [-0.3, -0.25) is 34.6 Å². The van der Waals surface area contributed by atoms with Crippen molar-refractivity contribution in [2.24, 2.45) is 11.1 Å². The number of methoxy groups -OCH3 is 2. The number of aliphatic hydroxyl groups excluding tert-OH is 2. The van der Waals surface area contributed by atoms with Gasteiger partial charge in [0.05, 0.1) is 75.2 Å². The number of primary amides is 1. The van der Waals surface area contributed by atoms with Crippen LogP contribution in [0.3, 0.4) is 0 Å². The number of nitrogens with one attached hydrogen (secondary N) is 5. The van der Waals surface area contributed by atoms with Crippen LogP contribution in [0.4, 0.5) is 31.4 Å². The maximum Gasteiger partial charge on any atom is 0.411 e. The van der Waals surface area contributed by atoms with Crippen LogP contribution in [0.2, 0.25) is 0 Å². The van der Waals surface area contributed by atoms with Crippen LogP contribution in [0, 0.1) is 5.41 Å². The number of urea groups is 1. The Kier molecular flexibility index (Phi) is 24.1. The third kappa shape index (κ3) is 17.5. The highest BCUT2D eigenvalue weighted by Crippen LogP contribution is 2.43. The number of unbranched alkanes of at least 4 members (excludes halogenated alkanes) is 2. The summed E-state index contributed by atoms with van der Waals surface area (Å²) in [7, 11) is 2.82. The van der Waals surface area contributed by atoms with E-state index in [4.69, 9.17) is 38.9 Å². The van der Waals surface area contributed by atoms with Crippen LogP contribution in [-0.2, 0) is 35.2 Å². The fourth-order valence-electron chi connectivity index (χ4n) is 9.74. The summed E-state index contributed by atoms with van der Waals surface area (Å²) in [6.07, 6.45) is 4.94. The molecule has 2 saturated heterocycles. The number of rotatable bonds is 31. The molecule has 0 spiro atoms. The Morgan fingerprint density at radius 2 is 1.21 bits per heavy atom. The number of likely N-dealkylation sites (tertiary alicyclic amines) is 2. The van der Waals surface area contributed by atoms with E-state index in [0.717, 1.165) is 11.1 Å². The Balaban J connectivity index is 1.08. The van der Waals surface area contributed by atoms with E-state index in [1.807, 2.05) is 0 Å². The van der Waals surface area contributed by atoms with Gasteiger partial charge in [-0.25, -0.2) is 14.4 Å². The fourth-order valence-corrected chi connectivity index (χ4v) is 9.74. The molecule has 2 heterocycles. The Morgan fingerprint density at radius 1 is 0.694 bits per heavy atom. The highest BCUT2D eigenvalue weighted by Gasteiger charge is 2.53. The molecule has 3 aliphatic rings. The number of hydrogen-bond acceptors (Lipinski definition) is 17. The lowest BCUT2D eigenvalue weighted by atomic mass is 9.68. The Bertz CT molecular complexity index is 2960. The summed E-state index contributed by atoms with van der Waals surface area (Å²) in [4.78, 5) is 109. The number of benzene rings is 3. The van der Waals surface area contributed by atoms with E-state index < -0.39 is 71.4 Å². The predicted molar refractivity (Wildman–Crippen MR) is 312 cm³/mol. The third-order valence-corrected chi connectivity index (χ3v) is 14.4. The van der Waals surface area contributed by atoms with Crippen molar-refractivity contribution in [1.29, 1.82) is 0 Å². The van der Waals surface area contributed by atoms with Crippen LogP contribution in [-0.4, -0.2) is 159 Å². The van der Waals surface area contributed by atoms with Gasteiger partial charge in [0, 0.05) is 37.5 Å². The van der Waals surface area contributed by atoms with E-state index >= 15 is 0 Å². The minimum atomic E-state index is -1.44. The molecule has 9 N–H and O–H groups in total. The van der Waals surface area contributed by atoms with Crippen molar-refractivity contribution in [2.45, 2.75) is 88.9 Å². The molecule has 3 aromatic carbocycles. The molecule has 85 heavy (non-hydrogen) atoms. The highest BCUT2D eigenvalue weighted by atomic mass is 16.6. The Labute approximate surface area is 492 Å². The van der Waals surface area contributed by atoms with E-state index in [0.29, 0.717) is 49.8 Å². The quantitative estimate of drug-likeness (QED) is 0.0118. The van der Waals surface area contributed by atoms with Crippen LogP contribution >= 0.6 is 0 Å². The molecule has 458 valence electrons. The van der Waals surface area contributed by atoms with Crippen molar-refractivity contribution in [2.75, 3.05) is 89.4 Å². The minimum Gasteiger partial charge on any atom is -0.493 e. The molecule has 2 aliphatic heterocycles. The van der Waals surface area contributed by atoms with E-state index in [1.54, 1.807) is 24.3 Å². The van der Waals surface area contributed by atoms with Crippen molar-refractivity contribution in [3.63, 3.8) is 0 Å². The Hall–Kier alpha value is -9.10. The number of aliphatic hydroxyl groups is 2. The second-order valence-electron chi connectivity index (χ2n) is 20.5. The maximum absolute atomic E-state index is 14.2. The molecule has 0 bridgehead atoms. The van der Waals surface area contributed by atoms with Gasteiger partial charge in [-0.1, -0.05) is 68.2 Å². The molecule has 25 nitrogen and oxygen atoms in total. The monoisotopic (exact) mass is 1180 g/mol. The van der Waals surface area contributed by atoms with Crippen molar-refractivity contribution >= 4 is 64.9 Å². The van der Waals surface area contributed by atoms with Gasteiger partial charge < -0.3 is 74.9 Å². The summed E-state index contributed by atoms with van der Waals surface area (Å²) in [5.41, 5.74) is 6.35. The fraction of sp³-hybridized carbons (Fsp3) is 0.433. The van der Waals surface area contributed by atoms with Crippen LogP contribution in [0.25, 0.3) is 0 Å². The first-order valence-corrected chi connectivity index (χ1v) is 27.8. The van der Waals surface area contributed by atoms with Gasteiger partial charge in [0.15, 0.2) is 23.0 Å². The second kappa shape index (κ2) is 31.5. The molecule has 1 saturated carbocycles. The van der Waals surface area contributed by atoms with E-state index in [-0.39, 0.29) is 137 Å². The number of nitrogens with zero attached hydrogens (tertiary/aromatic N) is 2. The van der Waals surface area contributed by atoms with Crippen LogP contribution in [0.1, 0.15) is 90.5 Å². The molecule has 1 aliphatic carbocycles. The molecule has 3 unspecified atom stereocenters. The van der Waals surface area contributed by atoms with Crippen molar-refractivity contribution in [3.8, 4) is 23.0 Å². The van der Waals surface area contributed by atoms with E-state index in [2.05, 4.69) is 52.9 Å². The number of anilines is 3. The van der Waals surface area contributed by atoms with Crippen molar-refractivity contribution in [1.82, 2.24) is 20.4 Å². The highest BCUT2D eigenvalue weighted by molar-refractivity contribution is 6.07. The van der Waals surface area contributed by atoms with Crippen molar-refractivity contribution in [3.05, 3.63) is 115 Å². The lowest BCUT2D eigenvalue weighted by molar-refractivity contribution is -0.167.